The number of hydrogen-bond acceptors (Lipinski definition) is 4. The van der Waals surface area contributed by atoms with E-state index in [1.165, 1.54) is 0 Å². The Kier molecular flexibility index (Phi) is 6.02. The van der Waals surface area contributed by atoms with Crippen molar-refractivity contribution in [2.75, 3.05) is 39.4 Å². The summed E-state index contributed by atoms with van der Waals surface area (Å²) in [7, 11) is 0. The Morgan fingerprint density at radius 3 is 2.68 bits per heavy atom. The van der Waals surface area contributed by atoms with Crippen molar-refractivity contribution in [3.05, 3.63) is 30.1 Å². The van der Waals surface area contributed by atoms with E-state index in [1.54, 1.807) is 18.5 Å². The number of hydrogen-bond donors (Lipinski definition) is 0. The fourth-order valence-electron chi connectivity index (χ4n) is 3.83. The Balaban J connectivity index is 1.58. The van der Waals surface area contributed by atoms with Gasteiger partial charge in [0.2, 0.25) is 5.91 Å². The van der Waals surface area contributed by atoms with Crippen LogP contribution in [-0.4, -0.2) is 66.0 Å². The third-order valence-electron chi connectivity index (χ3n) is 5.41. The second kappa shape index (κ2) is 8.43. The molecule has 1 aromatic heterocycles. The van der Waals surface area contributed by atoms with E-state index in [0.717, 1.165) is 19.4 Å². The van der Waals surface area contributed by atoms with E-state index in [9.17, 15) is 9.59 Å². The van der Waals surface area contributed by atoms with Crippen LogP contribution in [-0.2, 0) is 9.53 Å². The van der Waals surface area contributed by atoms with Crippen LogP contribution in [0.1, 0.15) is 36.5 Å². The van der Waals surface area contributed by atoms with E-state index in [-0.39, 0.29) is 11.8 Å². The Morgan fingerprint density at radius 1 is 1.20 bits per heavy atom. The van der Waals surface area contributed by atoms with Crippen LogP contribution in [0.5, 0.6) is 0 Å². The van der Waals surface area contributed by atoms with Crippen molar-refractivity contribution in [2.45, 2.75) is 26.2 Å². The number of nitrogens with zero attached hydrogens (tertiary/aromatic N) is 3. The largest absolute Gasteiger partial charge is 0.378 e. The average Bonchev–Trinajstić information content (AvgIpc) is 2.69. The zero-order valence-electron chi connectivity index (χ0n) is 14.9. The number of amides is 2. The number of likely N-dealkylation sites (tertiary alicyclic amines) is 1. The zero-order chi connectivity index (χ0) is 17.6. The normalized spacial score (nSPS) is 24.2. The molecule has 2 fully saturated rings. The lowest BCUT2D eigenvalue weighted by molar-refractivity contribution is -0.137. The van der Waals surface area contributed by atoms with Crippen molar-refractivity contribution in [3.8, 4) is 0 Å². The van der Waals surface area contributed by atoms with Gasteiger partial charge in [0.15, 0.2) is 0 Å². The molecule has 0 spiro atoms. The van der Waals surface area contributed by atoms with E-state index < -0.39 is 0 Å². The molecule has 0 bridgehead atoms. The van der Waals surface area contributed by atoms with E-state index in [2.05, 4.69) is 11.9 Å². The second-order valence-corrected chi connectivity index (χ2v) is 6.91. The van der Waals surface area contributed by atoms with Gasteiger partial charge in [0.1, 0.15) is 0 Å². The predicted octanol–water partition coefficient (Wildman–Crippen LogP) is 1.82. The molecule has 2 aliphatic heterocycles. The monoisotopic (exact) mass is 345 g/mol. The quantitative estimate of drug-likeness (QED) is 0.835. The maximum absolute atomic E-state index is 12.6. The molecule has 2 atom stereocenters. The van der Waals surface area contributed by atoms with Crippen LogP contribution in [0.2, 0.25) is 0 Å². The Morgan fingerprint density at radius 2 is 2.00 bits per heavy atom. The molecule has 6 heteroatoms. The number of aromatic nitrogens is 1. The molecule has 25 heavy (non-hydrogen) atoms. The molecule has 1 aromatic rings. The van der Waals surface area contributed by atoms with Crippen molar-refractivity contribution < 1.29 is 14.3 Å². The van der Waals surface area contributed by atoms with Crippen LogP contribution >= 0.6 is 0 Å². The van der Waals surface area contributed by atoms with E-state index >= 15 is 0 Å². The van der Waals surface area contributed by atoms with Crippen molar-refractivity contribution in [1.82, 2.24) is 14.8 Å². The number of morpholine rings is 1. The SMILES string of the molecule is CC[C@@H]1CN(C(=O)c2cccnc2)CC[C@H]1CC(=O)N1CCOCC1. The molecule has 136 valence electrons. The highest BCUT2D eigenvalue weighted by atomic mass is 16.5. The summed E-state index contributed by atoms with van der Waals surface area (Å²) in [5.41, 5.74) is 0.639. The Bertz CT molecular complexity index is 587. The molecule has 3 rings (SSSR count). The van der Waals surface area contributed by atoms with Gasteiger partial charge >= 0.3 is 0 Å². The molecule has 2 saturated heterocycles. The third kappa shape index (κ3) is 4.37. The first kappa shape index (κ1) is 17.9. The minimum Gasteiger partial charge on any atom is -0.378 e. The number of pyridine rings is 1. The number of piperidine rings is 1. The van der Waals surface area contributed by atoms with Crippen molar-refractivity contribution >= 4 is 11.8 Å². The van der Waals surface area contributed by atoms with Gasteiger partial charge in [0.25, 0.3) is 5.91 Å². The highest BCUT2D eigenvalue weighted by Gasteiger charge is 2.33. The molecule has 2 amide bonds. The molecular weight excluding hydrogens is 318 g/mol. The molecule has 6 nitrogen and oxygen atoms in total. The van der Waals surface area contributed by atoms with Crippen molar-refractivity contribution in [3.63, 3.8) is 0 Å². The first-order valence-electron chi connectivity index (χ1n) is 9.24. The van der Waals surface area contributed by atoms with Crippen molar-refractivity contribution in [2.24, 2.45) is 11.8 Å². The summed E-state index contributed by atoms with van der Waals surface area (Å²) in [5, 5.41) is 0. The van der Waals surface area contributed by atoms with Gasteiger partial charge in [-0.05, 0) is 30.4 Å². The number of rotatable bonds is 4. The van der Waals surface area contributed by atoms with Crippen LogP contribution in [0, 0.1) is 11.8 Å². The summed E-state index contributed by atoms with van der Waals surface area (Å²) in [6.07, 6.45) is 5.76. The highest BCUT2D eigenvalue weighted by Crippen LogP contribution is 2.30. The minimum absolute atomic E-state index is 0.0458. The molecule has 0 N–H and O–H groups in total. The van der Waals surface area contributed by atoms with Gasteiger partial charge in [-0.1, -0.05) is 13.3 Å². The highest BCUT2D eigenvalue weighted by molar-refractivity contribution is 5.94. The van der Waals surface area contributed by atoms with Crippen LogP contribution in [0.25, 0.3) is 0 Å². The standard InChI is InChI=1S/C19H27N3O3/c1-2-15-14-22(19(24)17-4-3-6-20-13-17)7-5-16(15)12-18(23)21-8-10-25-11-9-21/h3-4,6,13,15-16H,2,5,7-12,14H2,1H3/t15-,16+/m1/s1. The van der Waals surface area contributed by atoms with Crippen molar-refractivity contribution in [1.29, 1.82) is 0 Å². The topological polar surface area (TPSA) is 62.7 Å². The van der Waals surface area contributed by atoms with Gasteiger partial charge < -0.3 is 14.5 Å². The van der Waals surface area contributed by atoms with Gasteiger partial charge in [0, 0.05) is 45.0 Å². The maximum atomic E-state index is 12.6. The number of carbonyl (C=O) groups is 2. The van der Waals surface area contributed by atoms with E-state index in [4.69, 9.17) is 4.74 Å². The summed E-state index contributed by atoms with van der Waals surface area (Å²) < 4.78 is 5.32. The molecule has 0 unspecified atom stereocenters. The van der Waals surface area contributed by atoms with Gasteiger partial charge in [-0.25, -0.2) is 0 Å². The lowest BCUT2D eigenvalue weighted by Crippen LogP contribution is -2.46. The van der Waals surface area contributed by atoms with Crippen LogP contribution in [0.15, 0.2) is 24.5 Å². The van der Waals surface area contributed by atoms with E-state index in [1.807, 2.05) is 15.9 Å². The fourth-order valence-corrected chi connectivity index (χ4v) is 3.83. The number of ether oxygens (including phenoxy) is 1. The van der Waals surface area contributed by atoms with Crippen LogP contribution in [0.3, 0.4) is 0 Å². The van der Waals surface area contributed by atoms with E-state index in [0.29, 0.717) is 56.7 Å². The molecule has 0 aromatic carbocycles. The predicted molar refractivity (Wildman–Crippen MR) is 94.0 cm³/mol. The Labute approximate surface area is 149 Å². The van der Waals surface area contributed by atoms with Gasteiger partial charge in [-0.2, -0.15) is 0 Å². The van der Waals surface area contributed by atoms with Gasteiger partial charge in [-0.3, -0.25) is 14.6 Å². The molecule has 0 radical (unpaired) electrons. The maximum Gasteiger partial charge on any atom is 0.255 e. The summed E-state index contributed by atoms with van der Waals surface area (Å²) in [6, 6.07) is 3.60. The lowest BCUT2D eigenvalue weighted by Gasteiger charge is -2.39. The molecule has 3 heterocycles. The summed E-state index contributed by atoms with van der Waals surface area (Å²) >= 11 is 0. The first-order chi connectivity index (χ1) is 12.2. The fraction of sp³-hybridized carbons (Fsp3) is 0.632. The minimum atomic E-state index is 0.0458. The van der Waals surface area contributed by atoms with Crippen LogP contribution in [0.4, 0.5) is 0 Å². The van der Waals surface area contributed by atoms with Crippen LogP contribution < -0.4 is 0 Å². The summed E-state index contributed by atoms with van der Waals surface area (Å²) in [6.45, 7) is 6.27. The average molecular weight is 345 g/mol. The third-order valence-corrected chi connectivity index (χ3v) is 5.41. The molecule has 0 aliphatic carbocycles. The molecule has 0 saturated carbocycles. The number of carbonyl (C=O) groups excluding carboxylic acids is 2. The Hall–Kier alpha value is -1.95. The van der Waals surface area contributed by atoms with Gasteiger partial charge in [-0.15, -0.1) is 0 Å². The molecular formula is C19H27N3O3. The molecule has 2 aliphatic rings. The summed E-state index contributed by atoms with van der Waals surface area (Å²) in [4.78, 5) is 33.1. The second-order valence-electron chi connectivity index (χ2n) is 6.91. The van der Waals surface area contributed by atoms with Gasteiger partial charge in [0.05, 0.1) is 18.8 Å². The first-order valence-corrected chi connectivity index (χ1v) is 9.24. The smallest absolute Gasteiger partial charge is 0.255 e. The zero-order valence-corrected chi connectivity index (χ0v) is 14.9. The summed E-state index contributed by atoms with van der Waals surface area (Å²) in [5.74, 6) is 1.01. The lowest BCUT2D eigenvalue weighted by atomic mass is 9.81.